The Labute approximate surface area is 129 Å². The number of hydrogen-bond donors (Lipinski definition) is 6. The summed E-state index contributed by atoms with van der Waals surface area (Å²) in [7, 11) is 0. The van der Waals surface area contributed by atoms with Crippen molar-refractivity contribution in [2.24, 2.45) is 0 Å². The van der Waals surface area contributed by atoms with Crippen molar-refractivity contribution < 1.29 is 20.1 Å². The van der Waals surface area contributed by atoms with Crippen LogP contribution < -0.4 is 11.3 Å². The maximum atomic E-state index is 11.9. The van der Waals surface area contributed by atoms with Gasteiger partial charge in [-0.25, -0.2) is 4.98 Å². The molecule has 4 atom stereocenters. The molecule has 0 bridgehead atoms. The number of rotatable bonds is 3. The second-order valence-electron chi connectivity index (χ2n) is 4.91. The third-order valence-electron chi connectivity index (χ3n) is 3.56. The zero-order valence-corrected chi connectivity index (χ0v) is 12.1. The van der Waals surface area contributed by atoms with E-state index in [2.05, 4.69) is 27.6 Å². The van der Waals surface area contributed by atoms with E-state index in [0.29, 0.717) is 5.82 Å². The highest BCUT2D eigenvalue weighted by atomic mass is 32.1. The van der Waals surface area contributed by atoms with Crippen LogP contribution >= 0.6 is 12.6 Å². The van der Waals surface area contributed by atoms with E-state index < -0.39 is 36.7 Å². The highest BCUT2D eigenvalue weighted by molar-refractivity contribution is 7.79. The zero-order chi connectivity index (χ0) is 16.0. The predicted octanol–water partition coefficient (Wildman–Crippen LogP) is -2.26. The number of aliphatic hydroxyl groups is 3. The lowest BCUT2D eigenvalue weighted by Crippen LogP contribution is -2.33. The van der Waals surface area contributed by atoms with E-state index in [0.717, 1.165) is 0 Å². The summed E-state index contributed by atoms with van der Waals surface area (Å²) >= 11 is 4.14. The highest BCUT2D eigenvalue weighted by Crippen LogP contribution is 2.32. The molecule has 10 nitrogen and oxygen atoms in total. The minimum absolute atomic E-state index is 0.0241. The lowest BCUT2D eigenvalue weighted by molar-refractivity contribution is -0.0520. The molecule has 3 heterocycles. The number of nitrogens with zero attached hydrogens (tertiary/aromatic N) is 3. The number of thiol groups is 1. The summed E-state index contributed by atoms with van der Waals surface area (Å²) in [6, 6.07) is 0. The van der Waals surface area contributed by atoms with Gasteiger partial charge in [0.1, 0.15) is 24.1 Å². The molecule has 0 spiro atoms. The van der Waals surface area contributed by atoms with E-state index >= 15 is 0 Å². The van der Waals surface area contributed by atoms with Crippen LogP contribution in [0.5, 0.6) is 0 Å². The predicted molar refractivity (Wildman–Crippen MR) is 78.3 cm³/mol. The van der Waals surface area contributed by atoms with E-state index in [1.807, 2.05) is 0 Å². The van der Waals surface area contributed by atoms with Crippen LogP contribution in [0.2, 0.25) is 0 Å². The molecule has 0 aromatic carbocycles. The molecule has 0 amide bonds. The first-order chi connectivity index (χ1) is 10.5. The lowest BCUT2D eigenvalue weighted by atomic mass is 10.1. The normalized spacial score (nSPS) is 28.5. The number of nitrogen functional groups attached to an aromatic ring is 1. The number of imidazole rings is 1. The summed E-state index contributed by atoms with van der Waals surface area (Å²) < 4.78 is 6.81. The van der Waals surface area contributed by atoms with Gasteiger partial charge < -0.3 is 25.8 Å². The number of nitrogens with one attached hydrogen (secondary N) is 1. The van der Waals surface area contributed by atoms with Crippen LogP contribution in [0.1, 0.15) is 12.1 Å². The summed E-state index contributed by atoms with van der Waals surface area (Å²) in [5.74, 6) is 0.343. The molecule has 2 aromatic heterocycles. The van der Waals surface area contributed by atoms with Crippen LogP contribution in [-0.2, 0) is 10.5 Å². The molecule has 11 heteroatoms. The molecular formula is C11H15N5O5S. The average molecular weight is 329 g/mol. The standard InChI is InChI=1S/C11H15N5O5S/c12-11-14-8-5(9(20)15-11)13-4(2-22)16(8)10-7(19)6(18)3(1-17)21-10/h3,6-7,10,17-19,22H,1-2H2,(H3,12,14,15,20). The first kappa shape index (κ1) is 15.2. The minimum Gasteiger partial charge on any atom is -0.394 e. The molecule has 0 saturated carbocycles. The molecular weight excluding hydrogens is 314 g/mol. The van der Waals surface area contributed by atoms with Crippen molar-refractivity contribution >= 4 is 29.7 Å². The maximum Gasteiger partial charge on any atom is 0.280 e. The Kier molecular flexibility index (Phi) is 3.82. The molecule has 22 heavy (non-hydrogen) atoms. The molecule has 120 valence electrons. The Bertz CT molecular complexity index is 761. The Hall–Kier alpha value is -1.66. The van der Waals surface area contributed by atoms with Gasteiger partial charge in [-0.2, -0.15) is 17.6 Å². The third kappa shape index (κ3) is 2.18. The van der Waals surface area contributed by atoms with E-state index in [1.165, 1.54) is 4.57 Å². The van der Waals surface area contributed by atoms with Gasteiger partial charge >= 0.3 is 0 Å². The summed E-state index contributed by atoms with van der Waals surface area (Å²) in [6.07, 6.45) is -4.62. The molecule has 2 aromatic rings. The van der Waals surface area contributed by atoms with E-state index in [-0.39, 0.29) is 22.9 Å². The monoisotopic (exact) mass is 329 g/mol. The van der Waals surface area contributed by atoms with Crippen molar-refractivity contribution in [3.63, 3.8) is 0 Å². The van der Waals surface area contributed by atoms with Crippen molar-refractivity contribution in [3.8, 4) is 0 Å². The van der Waals surface area contributed by atoms with Crippen LogP contribution in [0.4, 0.5) is 5.95 Å². The molecule has 1 saturated heterocycles. The Morgan fingerprint density at radius 3 is 2.68 bits per heavy atom. The molecule has 1 aliphatic heterocycles. The Balaban J connectivity index is 2.20. The maximum absolute atomic E-state index is 11.9. The van der Waals surface area contributed by atoms with E-state index in [9.17, 15) is 20.1 Å². The zero-order valence-electron chi connectivity index (χ0n) is 11.2. The number of ether oxygens (including phenoxy) is 1. The fourth-order valence-corrected chi connectivity index (χ4v) is 2.74. The molecule has 1 aliphatic rings. The Morgan fingerprint density at radius 2 is 2.09 bits per heavy atom. The van der Waals surface area contributed by atoms with Crippen LogP contribution in [0.25, 0.3) is 11.2 Å². The first-order valence-corrected chi connectivity index (χ1v) is 7.11. The fraction of sp³-hybridized carbons (Fsp3) is 0.545. The lowest BCUT2D eigenvalue weighted by Gasteiger charge is -2.18. The summed E-state index contributed by atoms with van der Waals surface area (Å²) in [5, 5.41) is 29.2. The number of nitrogens with two attached hydrogens (primary N) is 1. The van der Waals surface area contributed by atoms with Crippen molar-refractivity contribution in [2.45, 2.75) is 30.3 Å². The van der Waals surface area contributed by atoms with Gasteiger partial charge in [-0.05, 0) is 0 Å². The number of H-pyrrole nitrogens is 1. The van der Waals surface area contributed by atoms with Crippen molar-refractivity contribution in [3.05, 3.63) is 16.2 Å². The number of aromatic amines is 1. The minimum atomic E-state index is -1.32. The van der Waals surface area contributed by atoms with Gasteiger partial charge in [0.15, 0.2) is 17.4 Å². The quantitative estimate of drug-likeness (QED) is 0.344. The van der Waals surface area contributed by atoms with Crippen molar-refractivity contribution in [2.75, 3.05) is 12.3 Å². The molecule has 1 fully saturated rings. The van der Waals surface area contributed by atoms with E-state index in [4.69, 9.17) is 10.5 Å². The number of aromatic nitrogens is 4. The van der Waals surface area contributed by atoms with Crippen LogP contribution in [0.3, 0.4) is 0 Å². The van der Waals surface area contributed by atoms with Crippen LogP contribution in [0.15, 0.2) is 4.79 Å². The van der Waals surface area contributed by atoms with Crippen LogP contribution in [-0.4, -0.2) is 59.8 Å². The molecule has 4 unspecified atom stereocenters. The van der Waals surface area contributed by atoms with Gasteiger partial charge in [0.25, 0.3) is 5.56 Å². The van der Waals surface area contributed by atoms with Gasteiger partial charge in [-0.3, -0.25) is 14.3 Å². The van der Waals surface area contributed by atoms with Crippen molar-refractivity contribution in [1.82, 2.24) is 19.5 Å². The number of hydrogen-bond acceptors (Lipinski definition) is 9. The van der Waals surface area contributed by atoms with Gasteiger partial charge in [-0.1, -0.05) is 0 Å². The Morgan fingerprint density at radius 1 is 1.36 bits per heavy atom. The van der Waals surface area contributed by atoms with Crippen molar-refractivity contribution in [1.29, 1.82) is 0 Å². The SMILES string of the molecule is Nc1nc2c(nc(CS)n2C2OC(CO)C(O)C2O)c(=O)[nH]1. The second-order valence-corrected chi connectivity index (χ2v) is 5.22. The first-order valence-electron chi connectivity index (χ1n) is 6.47. The molecule has 3 rings (SSSR count). The molecule has 6 N–H and O–H groups in total. The largest absolute Gasteiger partial charge is 0.394 e. The number of fused-ring (bicyclic) bond motifs is 1. The number of aliphatic hydroxyl groups excluding tert-OH is 3. The highest BCUT2D eigenvalue weighted by Gasteiger charge is 2.44. The molecule has 0 radical (unpaired) electrons. The fourth-order valence-electron chi connectivity index (χ4n) is 2.52. The second kappa shape index (κ2) is 5.52. The van der Waals surface area contributed by atoms with E-state index in [1.54, 1.807) is 0 Å². The third-order valence-corrected chi connectivity index (χ3v) is 3.84. The number of anilines is 1. The van der Waals surface area contributed by atoms with Gasteiger partial charge in [0.05, 0.1) is 6.61 Å². The van der Waals surface area contributed by atoms with Gasteiger partial charge in [0, 0.05) is 5.75 Å². The summed E-state index contributed by atoms with van der Waals surface area (Å²) in [6.45, 7) is -0.465. The van der Waals surface area contributed by atoms with Gasteiger partial charge in [0.2, 0.25) is 5.95 Å². The van der Waals surface area contributed by atoms with Crippen LogP contribution in [0, 0.1) is 0 Å². The van der Waals surface area contributed by atoms with Gasteiger partial charge in [-0.15, -0.1) is 0 Å². The average Bonchev–Trinajstić information content (AvgIpc) is 2.98. The summed E-state index contributed by atoms with van der Waals surface area (Å²) in [5.41, 5.74) is 5.14. The summed E-state index contributed by atoms with van der Waals surface area (Å²) in [4.78, 5) is 22.3. The molecule has 0 aliphatic carbocycles. The smallest absolute Gasteiger partial charge is 0.280 e. The topological polar surface area (TPSA) is 160 Å².